The maximum atomic E-state index is 14.0. The summed E-state index contributed by atoms with van der Waals surface area (Å²) in [5.41, 5.74) is 4.49. The average molecular weight is 438 g/mol. The van der Waals surface area contributed by atoms with Crippen LogP contribution in [0.15, 0.2) is 41.9 Å². The van der Waals surface area contributed by atoms with Gasteiger partial charge in [-0.1, -0.05) is 12.1 Å². The summed E-state index contributed by atoms with van der Waals surface area (Å²) in [5, 5.41) is 4.04. The SMILES string of the molecule is Cc1nc(C)c(-c2csc(Cc3ccc(C(=O)Cc4c(C)cccc4F)cn3)n2)s1. The number of halogens is 1. The molecule has 0 N–H and O–H groups in total. The van der Waals surface area contributed by atoms with Gasteiger partial charge in [-0.3, -0.25) is 9.78 Å². The number of benzene rings is 1. The van der Waals surface area contributed by atoms with Crippen LogP contribution in [0.3, 0.4) is 0 Å². The lowest BCUT2D eigenvalue weighted by Gasteiger charge is -2.07. The zero-order valence-corrected chi connectivity index (χ0v) is 18.5. The zero-order valence-electron chi connectivity index (χ0n) is 16.9. The molecule has 30 heavy (non-hydrogen) atoms. The summed E-state index contributed by atoms with van der Waals surface area (Å²) in [5.74, 6) is -0.492. The third-order valence-electron chi connectivity index (χ3n) is 4.86. The van der Waals surface area contributed by atoms with Crippen LogP contribution in [0.5, 0.6) is 0 Å². The third-order valence-corrected chi connectivity index (χ3v) is 6.80. The molecule has 0 atom stereocenters. The number of ketones is 1. The fourth-order valence-electron chi connectivity index (χ4n) is 3.27. The number of rotatable bonds is 6. The van der Waals surface area contributed by atoms with Crippen LogP contribution >= 0.6 is 22.7 Å². The Morgan fingerprint density at radius 3 is 2.60 bits per heavy atom. The van der Waals surface area contributed by atoms with E-state index < -0.39 is 0 Å². The maximum Gasteiger partial charge on any atom is 0.168 e. The second-order valence-electron chi connectivity index (χ2n) is 7.12. The Morgan fingerprint density at radius 2 is 1.93 bits per heavy atom. The summed E-state index contributed by atoms with van der Waals surface area (Å²) >= 11 is 3.24. The normalized spacial score (nSPS) is 11.1. The third kappa shape index (κ3) is 4.37. The molecule has 0 aliphatic carbocycles. The molecule has 0 saturated carbocycles. The molecule has 0 bridgehead atoms. The van der Waals surface area contributed by atoms with E-state index in [2.05, 4.69) is 9.97 Å². The largest absolute Gasteiger partial charge is 0.294 e. The van der Waals surface area contributed by atoms with Gasteiger partial charge in [0.05, 0.1) is 26.3 Å². The van der Waals surface area contributed by atoms with E-state index in [9.17, 15) is 9.18 Å². The lowest BCUT2D eigenvalue weighted by molar-refractivity contribution is 0.0991. The Kier molecular flexibility index (Phi) is 5.83. The number of thiazole rings is 2. The minimum absolute atomic E-state index is 0.0307. The molecule has 3 aromatic heterocycles. The van der Waals surface area contributed by atoms with E-state index in [1.165, 1.54) is 6.07 Å². The van der Waals surface area contributed by atoms with E-state index in [0.29, 0.717) is 17.5 Å². The Morgan fingerprint density at radius 1 is 1.10 bits per heavy atom. The fourth-order valence-corrected chi connectivity index (χ4v) is 5.02. The van der Waals surface area contributed by atoms with Crippen molar-refractivity contribution in [2.45, 2.75) is 33.6 Å². The second-order valence-corrected chi connectivity index (χ2v) is 9.27. The Labute approximate surface area is 182 Å². The Bertz CT molecular complexity index is 1190. The zero-order chi connectivity index (χ0) is 21.3. The number of pyridine rings is 1. The number of Topliss-reactive ketones (excluding diaryl/α,β-unsaturated/α-hetero) is 1. The van der Waals surface area contributed by atoms with Gasteiger partial charge in [-0.05, 0) is 50.1 Å². The lowest BCUT2D eigenvalue weighted by Crippen LogP contribution is -2.07. The average Bonchev–Trinajstić information content (AvgIpc) is 3.30. The van der Waals surface area contributed by atoms with Gasteiger partial charge < -0.3 is 0 Å². The molecule has 0 fully saturated rings. The molecule has 0 aliphatic rings. The van der Waals surface area contributed by atoms with Crippen molar-refractivity contribution in [2.75, 3.05) is 0 Å². The summed E-state index contributed by atoms with van der Waals surface area (Å²) < 4.78 is 14.0. The number of carbonyl (C=O) groups is 1. The minimum atomic E-state index is -0.348. The van der Waals surface area contributed by atoms with E-state index in [1.54, 1.807) is 41.0 Å². The first-order valence-corrected chi connectivity index (χ1v) is 11.2. The minimum Gasteiger partial charge on any atom is -0.294 e. The molecule has 0 radical (unpaired) electrons. The van der Waals surface area contributed by atoms with Gasteiger partial charge in [0.1, 0.15) is 5.82 Å². The van der Waals surface area contributed by atoms with Gasteiger partial charge in [0.25, 0.3) is 0 Å². The highest BCUT2D eigenvalue weighted by molar-refractivity contribution is 7.15. The van der Waals surface area contributed by atoms with Crippen LogP contribution in [0, 0.1) is 26.6 Å². The molecule has 3 heterocycles. The van der Waals surface area contributed by atoms with Crippen LogP contribution in [0.25, 0.3) is 10.6 Å². The summed E-state index contributed by atoms with van der Waals surface area (Å²) in [6, 6.07) is 8.44. The molecule has 4 rings (SSSR count). The molecule has 0 amide bonds. The van der Waals surface area contributed by atoms with Gasteiger partial charge in [-0.15, -0.1) is 22.7 Å². The predicted octanol–water partition coefficient (Wildman–Crippen LogP) is 5.74. The highest BCUT2D eigenvalue weighted by atomic mass is 32.1. The van der Waals surface area contributed by atoms with Crippen molar-refractivity contribution in [3.63, 3.8) is 0 Å². The van der Waals surface area contributed by atoms with Gasteiger partial charge >= 0.3 is 0 Å². The highest BCUT2D eigenvalue weighted by Gasteiger charge is 2.14. The summed E-state index contributed by atoms with van der Waals surface area (Å²) in [6.45, 7) is 5.80. The molecule has 4 nitrogen and oxygen atoms in total. The summed E-state index contributed by atoms with van der Waals surface area (Å²) in [4.78, 5) is 27.3. The molecule has 152 valence electrons. The van der Waals surface area contributed by atoms with Crippen LogP contribution in [0.2, 0.25) is 0 Å². The van der Waals surface area contributed by atoms with E-state index >= 15 is 0 Å². The van der Waals surface area contributed by atoms with Gasteiger partial charge in [0.2, 0.25) is 0 Å². The first kappa shape index (κ1) is 20.5. The van der Waals surface area contributed by atoms with Crippen molar-refractivity contribution in [3.8, 4) is 10.6 Å². The maximum absolute atomic E-state index is 14.0. The van der Waals surface area contributed by atoms with Crippen LogP contribution in [-0.4, -0.2) is 20.7 Å². The summed E-state index contributed by atoms with van der Waals surface area (Å²) in [6.07, 6.45) is 2.20. The number of nitrogens with zero attached hydrogens (tertiary/aromatic N) is 3. The number of hydrogen-bond acceptors (Lipinski definition) is 6. The van der Waals surface area contributed by atoms with Gasteiger partial charge in [0.15, 0.2) is 5.78 Å². The van der Waals surface area contributed by atoms with Crippen molar-refractivity contribution in [3.05, 3.63) is 85.8 Å². The predicted molar refractivity (Wildman–Crippen MR) is 119 cm³/mol. The van der Waals surface area contributed by atoms with E-state index in [4.69, 9.17) is 4.98 Å². The molecule has 0 unspecified atom stereocenters. The second kappa shape index (κ2) is 8.53. The molecule has 0 spiro atoms. The van der Waals surface area contributed by atoms with Crippen molar-refractivity contribution in [1.82, 2.24) is 15.0 Å². The first-order valence-electron chi connectivity index (χ1n) is 9.51. The van der Waals surface area contributed by atoms with Crippen LogP contribution in [0.4, 0.5) is 4.39 Å². The fraction of sp³-hybridized carbons (Fsp3) is 0.217. The molecule has 0 saturated heterocycles. The number of hydrogen-bond donors (Lipinski definition) is 0. The van der Waals surface area contributed by atoms with E-state index in [1.807, 2.05) is 38.3 Å². The van der Waals surface area contributed by atoms with Gasteiger partial charge in [0, 0.05) is 35.7 Å². The number of aromatic nitrogens is 3. The lowest BCUT2D eigenvalue weighted by atomic mass is 9.99. The van der Waals surface area contributed by atoms with E-state index in [-0.39, 0.29) is 18.0 Å². The summed E-state index contributed by atoms with van der Waals surface area (Å²) in [7, 11) is 0. The topological polar surface area (TPSA) is 55.7 Å². The van der Waals surface area contributed by atoms with Crippen molar-refractivity contribution < 1.29 is 9.18 Å². The molecular weight excluding hydrogens is 417 g/mol. The van der Waals surface area contributed by atoms with Gasteiger partial charge in [-0.25, -0.2) is 14.4 Å². The smallest absolute Gasteiger partial charge is 0.168 e. The Balaban J connectivity index is 1.45. The molecular formula is C23H20FN3OS2. The molecule has 7 heteroatoms. The van der Waals surface area contributed by atoms with Crippen LogP contribution in [0.1, 0.15) is 42.9 Å². The quantitative estimate of drug-likeness (QED) is 0.361. The highest BCUT2D eigenvalue weighted by Crippen LogP contribution is 2.31. The first-order chi connectivity index (χ1) is 14.4. The number of carbonyl (C=O) groups excluding carboxylic acids is 1. The van der Waals surface area contributed by atoms with Crippen molar-refractivity contribution in [1.29, 1.82) is 0 Å². The monoisotopic (exact) mass is 437 g/mol. The van der Waals surface area contributed by atoms with Crippen LogP contribution < -0.4 is 0 Å². The van der Waals surface area contributed by atoms with Crippen molar-refractivity contribution in [2.24, 2.45) is 0 Å². The van der Waals surface area contributed by atoms with Crippen LogP contribution in [-0.2, 0) is 12.8 Å². The molecule has 4 aromatic rings. The standard InChI is InChI=1S/C23H20FN3OS2/c1-13-5-4-6-19(24)18(13)10-21(28)16-7-8-17(25-11-16)9-22-27-20(12-29-22)23-14(2)26-15(3)30-23/h4-8,11-12H,9-10H2,1-3H3. The molecule has 1 aromatic carbocycles. The number of aryl methyl sites for hydroxylation is 3. The molecule has 0 aliphatic heterocycles. The van der Waals surface area contributed by atoms with Crippen molar-refractivity contribution >= 4 is 28.5 Å². The van der Waals surface area contributed by atoms with E-state index in [0.717, 1.165) is 37.5 Å². The van der Waals surface area contributed by atoms with Gasteiger partial charge in [-0.2, -0.15) is 0 Å². The Hall–Kier alpha value is -2.77.